The van der Waals surface area contributed by atoms with Gasteiger partial charge in [-0.3, -0.25) is 0 Å². The van der Waals surface area contributed by atoms with Crippen molar-refractivity contribution in [3.8, 4) is 6.08 Å². The van der Waals surface area contributed by atoms with Crippen LogP contribution in [0.25, 0.3) is 11.1 Å². The van der Waals surface area contributed by atoms with Crippen LogP contribution < -0.4 is 10.1 Å². The quantitative estimate of drug-likeness (QED) is 0.930. The minimum atomic E-state index is 0. The highest BCUT2D eigenvalue weighted by Gasteiger charge is 2.15. The van der Waals surface area contributed by atoms with E-state index in [4.69, 9.17) is 9.15 Å². The van der Waals surface area contributed by atoms with Crippen LogP contribution in [-0.4, -0.2) is 24.7 Å². The second-order valence-corrected chi connectivity index (χ2v) is 4.47. The number of piperidine rings is 1. The van der Waals surface area contributed by atoms with Gasteiger partial charge in [-0.15, -0.1) is 12.4 Å². The molecule has 2 heterocycles. The maximum atomic E-state index is 5.61. The van der Waals surface area contributed by atoms with Crippen molar-refractivity contribution >= 4 is 23.5 Å². The molecule has 0 radical (unpaired) electrons. The number of rotatable bonds is 3. The monoisotopic (exact) mass is 268 g/mol. The molecule has 18 heavy (non-hydrogen) atoms. The normalized spacial score (nSPS) is 19.4. The van der Waals surface area contributed by atoms with Gasteiger partial charge in [-0.25, -0.2) is 0 Å². The third-order valence-corrected chi connectivity index (χ3v) is 3.12. The van der Waals surface area contributed by atoms with E-state index in [9.17, 15) is 0 Å². The molecule has 1 N–H and O–H groups in total. The first-order valence-electron chi connectivity index (χ1n) is 6.11. The summed E-state index contributed by atoms with van der Waals surface area (Å²) in [4.78, 5) is 4.29. The molecule has 98 valence electrons. The summed E-state index contributed by atoms with van der Waals surface area (Å²) in [5.41, 5.74) is 1.63. The third kappa shape index (κ3) is 2.94. The molecule has 0 amide bonds. The van der Waals surface area contributed by atoms with Crippen LogP contribution in [0, 0.1) is 5.92 Å². The second kappa shape index (κ2) is 6.07. The van der Waals surface area contributed by atoms with Crippen molar-refractivity contribution in [1.29, 1.82) is 0 Å². The number of ether oxygens (including phenoxy) is 1. The Morgan fingerprint density at radius 2 is 2.28 bits per heavy atom. The molecular weight excluding hydrogens is 252 g/mol. The summed E-state index contributed by atoms with van der Waals surface area (Å²) in [7, 11) is 0. The zero-order chi connectivity index (χ0) is 11.5. The van der Waals surface area contributed by atoms with E-state index in [1.807, 2.05) is 24.3 Å². The molecule has 1 unspecified atom stereocenters. The van der Waals surface area contributed by atoms with Gasteiger partial charge in [-0.05, 0) is 31.5 Å². The minimum absolute atomic E-state index is 0. The number of benzene rings is 1. The molecule has 1 aliphatic rings. The summed E-state index contributed by atoms with van der Waals surface area (Å²) in [6, 6.07) is 7.70. The highest BCUT2D eigenvalue weighted by molar-refractivity contribution is 5.85. The lowest BCUT2D eigenvalue weighted by molar-refractivity contribution is 0.175. The first-order chi connectivity index (χ1) is 8.42. The smallest absolute Gasteiger partial charge is 0.394 e. The van der Waals surface area contributed by atoms with E-state index in [0.717, 1.165) is 24.2 Å². The van der Waals surface area contributed by atoms with Gasteiger partial charge in [-0.2, -0.15) is 4.98 Å². The lowest BCUT2D eigenvalue weighted by atomic mass is 10.0. The molecule has 0 aliphatic carbocycles. The molecule has 3 rings (SSSR count). The first kappa shape index (κ1) is 13.2. The van der Waals surface area contributed by atoms with Gasteiger partial charge < -0.3 is 14.5 Å². The van der Waals surface area contributed by atoms with Gasteiger partial charge in [0.05, 0.1) is 6.61 Å². The molecule has 5 heteroatoms. The molecule has 0 saturated carbocycles. The number of fused-ring (bicyclic) bond motifs is 1. The summed E-state index contributed by atoms with van der Waals surface area (Å²) in [5.74, 6) is 0.568. The van der Waals surface area contributed by atoms with Crippen molar-refractivity contribution in [2.45, 2.75) is 12.8 Å². The van der Waals surface area contributed by atoms with Crippen LogP contribution in [0.4, 0.5) is 0 Å². The summed E-state index contributed by atoms with van der Waals surface area (Å²) in [6.07, 6.45) is 2.83. The topological polar surface area (TPSA) is 47.3 Å². The Hall–Kier alpha value is -1.26. The van der Waals surface area contributed by atoms with Crippen LogP contribution in [0.3, 0.4) is 0 Å². The number of halogens is 1. The van der Waals surface area contributed by atoms with Crippen molar-refractivity contribution in [2.75, 3.05) is 19.7 Å². The average Bonchev–Trinajstić information content (AvgIpc) is 2.80. The van der Waals surface area contributed by atoms with Crippen molar-refractivity contribution in [3.63, 3.8) is 0 Å². The van der Waals surface area contributed by atoms with Crippen LogP contribution in [0.1, 0.15) is 12.8 Å². The number of aromatic nitrogens is 1. The number of nitrogens with one attached hydrogen (secondary N) is 1. The summed E-state index contributed by atoms with van der Waals surface area (Å²) in [5, 5.41) is 3.37. The average molecular weight is 269 g/mol. The van der Waals surface area contributed by atoms with Crippen LogP contribution >= 0.6 is 12.4 Å². The summed E-state index contributed by atoms with van der Waals surface area (Å²) < 4.78 is 11.1. The van der Waals surface area contributed by atoms with Crippen LogP contribution in [0.15, 0.2) is 28.7 Å². The van der Waals surface area contributed by atoms with Crippen LogP contribution in [0.2, 0.25) is 0 Å². The lowest BCUT2D eigenvalue weighted by Gasteiger charge is -2.21. The van der Waals surface area contributed by atoms with E-state index in [2.05, 4.69) is 10.3 Å². The Labute approximate surface area is 112 Å². The fourth-order valence-corrected chi connectivity index (χ4v) is 2.17. The number of hydrogen-bond acceptors (Lipinski definition) is 4. The zero-order valence-electron chi connectivity index (χ0n) is 10.1. The Balaban J connectivity index is 0.00000120. The molecule has 0 spiro atoms. The summed E-state index contributed by atoms with van der Waals surface area (Å²) >= 11 is 0. The van der Waals surface area contributed by atoms with Crippen molar-refractivity contribution in [3.05, 3.63) is 24.3 Å². The Kier molecular flexibility index (Phi) is 4.44. The van der Waals surface area contributed by atoms with E-state index < -0.39 is 0 Å². The van der Waals surface area contributed by atoms with Crippen molar-refractivity contribution < 1.29 is 9.15 Å². The van der Waals surface area contributed by atoms with Crippen molar-refractivity contribution in [2.24, 2.45) is 5.92 Å². The van der Waals surface area contributed by atoms with Gasteiger partial charge in [0.1, 0.15) is 5.52 Å². The highest BCUT2D eigenvalue weighted by Crippen LogP contribution is 2.21. The number of oxazole rings is 1. The molecule has 1 fully saturated rings. The zero-order valence-corrected chi connectivity index (χ0v) is 10.9. The molecule has 1 aromatic carbocycles. The van der Waals surface area contributed by atoms with Gasteiger partial charge >= 0.3 is 6.08 Å². The van der Waals surface area contributed by atoms with Gasteiger partial charge in [0, 0.05) is 12.5 Å². The van der Waals surface area contributed by atoms with Crippen LogP contribution in [0.5, 0.6) is 6.08 Å². The molecule has 1 aliphatic heterocycles. The van der Waals surface area contributed by atoms with E-state index in [1.54, 1.807) is 0 Å². The predicted octanol–water partition coefficient (Wildman–Crippen LogP) is 2.63. The molecular formula is C13H17ClN2O2. The molecule has 1 aromatic heterocycles. The fraction of sp³-hybridized carbons (Fsp3) is 0.462. The van der Waals surface area contributed by atoms with E-state index in [-0.39, 0.29) is 12.4 Å². The molecule has 1 saturated heterocycles. The highest BCUT2D eigenvalue weighted by atomic mass is 35.5. The first-order valence-corrected chi connectivity index (χ1v) is 6.11. The SMILES string of the molecule is Cl.c1ccc2oc(OCC3CCCNC3)nc2c1. The van der Waals surface area contributed by atoms with E-state index in [1.165, 1.54) is 12.8 Å². The fourth-order valence-electron chi connectivity index (χ4n) is 2.17. The minimum Gasteiger partial charge on any atom is -0.450 e. The van der Waals surface area contributed by atoms with Gasteiger partial charge in [-0.1, -0.05) is 12.1 Å². The lowest BCUT2D eigenvalue weighted by Crippen LogP contribution is -2.33. The third-order valence-electron chi connectivity index (χ3n) is 3.12. The Bertz CT molecular complexity index is 461. The van der Waals surface area contributed by atoms with Gasteiger partial charge in [0.2, 0.25) is 0 Å². The number of hydrogen-bond donors (Lipinski definition) is 1. The summed E-state index contributed by atoms with van der Waals surface area (Å²) in [6.45, 7) is 2.83. The van der Waals surface area contributed by atoms with Gasteiger partial charge in [0.15, 0.2) is 5.58 Å². The largest absolute Gasteiger partial charge is 0.450 e. The molecule has 0 bridgehead atoms. The molecule has 4 nitrogen and oxygen atoms in total. The second-order valence-electron chi connectivity index (χ2n) is 4.47. The number of para-hydroxylation sites is 2. The Morgan fingerprint density at radius 1 is 1.39 bits per heavy atom. The maximum absolute atomic E-state index is 5.61. The van der Waals surface area contributed by atoms with Crippen molar-refractivity contribution in [1.82, 2.24) is 10.3 Å². The Morgan fingerprint density at radius 3 is 3.06 bits per heavy atom. The molecule has 2 aromatic rings. The van der Waals surface area contributed by atoms with Crippen LogP contribution in [-0.2, 0) is 0 Å². The van der Waals surface area contributed by atoms with Gasteiger partial charge in [0.25, 0.3) is 0 Å². The number of nitrogens with zero attached hydrogens (tertiary/aromatic N) is 1. The van der Waals surface area contributed by atoms with E-state index >= 15 is 0 Å². The maximum Gasteiger partial charge on any atom is 0.394 e. The predicted molar refractivity (Wildman–Crippen MR) is 72.3 cm³/mol. The standard InChI is InChI=1S/C13H16N2O2.ClH/c1-2-6-12-11(5-1)15-13(17-12)16-9-10-4-3-7-14-8-10;/h1-2,5-6,10,14H,3-4,7-9H2;1H. The molecule has 1 atom stereocenters. The van der Waals surface area contributed by atoms with E-state index in [0.29, 0.717) is 18.6 Å².